The van der Waals surface area contributed by atoms with Crippen molar-refractivity contribution in [3.63, 3.8) is 0 Å². The predicted molar refractivity (Wildman–Crippen MR) is 204 cm³/mol. The fourth-order valence-corrected chi connectivity index (χ4v) is 9.64. The molecule has 8 rings (SSSR count). The fraction of sp³-hybridized carbons (Fsp3) is 0.385. The van der Waals surface area contributed by atoms with Crippen LogP contribution >= 0.6 is 22.7 Å². The second-order valence-corrected chi connectivity index (χ2v) is 16.3. The molecule has 2 aliphatic rings. The summed E-state index contributed by atoms with van der Waals surface area (Å²) in [6.07, 6.45) is 3.80. The molecule has 2 aromatic carbocycles. The second-order valence-electron chi connectivity index (χ2n) is 14.4. The molecule has 1 spiro atoms. The number of pyridine rings is 1. The molecular weight excluding hydrogens is 713 g/mol. The van der Waals surface area contributed by atoms with Crippen LogP contribution in [0.4, 0.5) is 0 Å². The molecule has 5 N–H and O–H groups in total. The minimum Gasteiger partial charge on any atom is -0.506 e. The molecule has 0 bridgehead atoms. The number of aromatic hydroxyl groups is 1. The number of H-pyrrole nitrogens is 1. The molecule has 5 heterocycles. The molecule has 1 atom stereocenters. The van der Waals surface area contributed by atoms with Gasteiger partial charge in [0.05, 0.1) is 26.9 Å². The molecule has 1 aliphatic heterocycles. The quantitative estimate of drug-likeness (QED) is 0.101. The molecule has 12 nitrogen and oxygen atoms in total. The third-order valence-corrected chi connectivity index (χ3v) is 12.9. The number of likely N-dealkylation sites (tertiary alicyclic amines) is 1. The second kappa shape index (κ2) is 14.8. The maximum Gasteiger partial charge on any atom is 0.349 e. The Morgan fingerprint density at radius 2 is 1.79 bits per heavy atom. The van der Waals surface area contributed by atoms with Gasteiger partial charge in [0.15, 0.2) is 0 Å². The lowest BCUT2D eigenvalue weighted by molar-refractivity contribution is -0.181. The standard InChI is InChI=1S/C39H42N6O6S2/c46-31-10-7-27(28-8-11-35(48)41-36(28)31)32(47)24-40-23-25-6-9-30-29(20-25)42-43-45(30)15-3-14-44-16-12-38(13-17-44)21-26(22-38)51-37(49)39(50,33-4-1-18-52-33)34-5-2-19-53-34/h1-2,4-11,18-20,26,32,40,46-47,50H,3,12-17,21-24H2,(H,41,48). The van der Waals surface area contributed by atoms with Gasteiger partial charge in [-0.15, -0.1) is 27.8 Å². The van der Waals surface area contributed by atoms with E-state index in [-0.39, 0.29) is 29.4 Å². The number of nitrogens with one attached hydrogen (secondary N) is 2. The summed E-state index contributed by atoms with van der Waals surface area (Å²) in [7, 11) is 0. The third kappa shape index (κ3) is 7.14. The first-order valence-electron chi connectivity index (χ1n) is 18.0. The molecule has 1 saturated heterocycles. The first-order valence-corrected chi connectivity index (χ1v) is 19.8. The number of hydrogen-bond acceptors (Lipinski definition) is 12. The molecule has 0 amide bonds. The van der Waals surface area contributed by atoms with Crippen molar-refractivity contribution < 1.29 is 24.9 Å². The summed E-state index contributed by atoms with van der Waals surface area (Å²) in [6, 6.07) is 19.5. The normalized spacial score (nSPS) is 17.0. The number of nitrogens with zero attached hydrogens (tertiary/aromatic N) is 4. The highest BCUT2D eigenvalue weighted by Gasteiger charge is 2.51. The van der Waals surface area contributed by atoms with Crippen molar-refractivity contribution in [3.05, 3.63) is 109 Å². The van der Waals surface area contributed by atoms with E-state index in [0.717, 1.165) is 74.9 Å². The summed E-state index contributed by atoms with van der Waals surface area (Å²) in [5.74, 6) is -0.616. The van der Waals surface area contributed by atoms with E-state index in [1.54, 1.807) is 24.3 Å². The number of ether oxygens (including phenoxy) is 1. The number of hydrogen-bond donors (Lipinski definition) is 5. The highest BCUT2D eigenvalue weighted by molar-refractivity contribution is 7.12. The monoisotopic (exact) mass is 754 g/mol. The van der Waals surface area contributed by atoms with Gasteiger partial charge in [0.25, 0.3) is 0 Å². The topological polar surface area (TPSA) is 166 Å². The number of aromatic amines is 1. The van der Waals surface area contributed by atoms with E-state index in [1.165, 1.54) is 34.8 Å². The van der Waals surface area contributed by atoms with Crippen molar-refractivity contribution in [3.8, 4) is 5.75 Å². The van der Waals surface area contributed by atoms with Crippen molar-refractivity contribution in [2.45, 2.75) is 63.0 Å². The van der Waals surface area contributed by atoms with Crippen molar-refractivity contribution in [1.29, 1.82) is 0 Å². The smallest absolute Gasteiger partial charge is 0.349 e. The number of carbonyl (C=O) groups is 1. The van der Waals surface area contributed by atoms with Crippen molar-refractivity contribution in [2.75, 3.05) is 26.2 Å². The molecule has 0 radical (unpaired) electrons. The van der Waals surface area contributed by atoms with Crippen molar-refractivity contribution in [2.24, 2.45) is 5.41 Å². The zero-order valence-electron chi connectivity index (χ0n) is 29.1. The number of aryl methyl sites for hydroxylation is 1. The van der Waals surface area contributed by atoms with Gasteiger partial charge in [-0.1, -0.05) is 29.5 Å². The van der Waals surface area contributed by atoms with Crippen LogP contribution in [0.25, 0.3) is 21.9 Å². The molecule has 4 aromatic heterocycles. The van der Waals surface area contributed by atoms with Crippen molar-refractivity contribution >= 4 is 50.6 Å². The van der Waals surface area contributed by atoms with E-state index in [1.807, 2.05) is 45.8 Å². The summed E-state index contributed by atoms with van der Waals surface area (Å²) in [6.45, 7) is 4.58. The fourth-order valence-electron chi connectivity index (χ4n) is 7.93. The first-order chi connectivity index (χ1) is 25.7. The Balaban J connectivity index is 0.776. The lowest BCUT2D eigenvalue weighted by atomic mass is 9.61. The van der Waals surface area contributed by atoms with Crippen LogP contribution in [0.15, 0.2) is 82.3 Å². The van der Waals surface area contributed by atoms with Crippen molar-refractivity contribution in [1.82, 2.24) is 30.2 Å². The van der Waals surface area contributed by atoms with E-state index >= 15 is 0 Å². The Kier molecular flexibility index (Phi) is 9.91. The summed E-state index contributed by atoms with van der Waals surface area (Å²) < 4.78 is 7.89. The highest BCUT2D eigenvalue weighted by Crippen LogP contribution is 2.51. The van der Waals surface area contributed by atoms with Crippen LogP contribution in [0.2, 0.25) is 0 Å². The van der Waals surface area contributed by atoms with Crippen LogP contribution in [0.5, 0.6) is 5.75 Å². The molecule has 2 fully saturated rings. The van der Waals surface area contributed by atoms with Gasteiger partial charge in [0, 0.05) is 31.1 Å². The molecule has 6 aromatic rings. The number of phenolic OH excluding ortho intramolecular Hbond substituents is 1. The summed E-state index contributed by atoms with van der Waals surface area (Å²) in [5, 5.41) is 49.0. The van der Waals surface area contributed by atoms with Crippen LogP contribution in [0.3, 0.4) is 0 Å². The Bertz CT molecular complexity index is 2220. The number of aromatic nitrogens is 4. The number of rotatable bonds is 13. The minimum atomic E-state index is -1.76. The van der Waals surface area contributed by atoms with Crippen LogP contribution < -0.4 is 10.9 Å². The van der Waals surface area contributed by atoms with Gasteiger partial charge in [0.1, 0.15) is 17.4 Å². The van der Waals surface area contributed by atoms with Gasteiger partial charge in [-0.05, 0) is 115 Å². The first kappa shape index (κ1) is 35.6. The summed E-state index contributed by atoms with van der Waals surface area (Å²) in [4.78, 5) is 31.4. The predicted octanol–water partition coefficient (Wildman–Crippen LogP) is 5.04. The SMILES string of the molecule is O=C(OC1CC2(CCN(CCCn3nnc4cc(CNCC(O)c5ccc(O)c6[nH]c(=O)ccc56)ccc43)CC2)C1)C(O)(c1cccs1)c1cccs1. The maximum atomic E-state index is 13.4. The lowest BCUT2D eigenvalue weighted by Gasteiger charge is -2.51. The van der Waals surface area contributed by atoms with E-state index in [0.29, 0.717) is 32.8 Å². The minimum absolute atomic E-state index is 0.0378. The molecule has 53 heavy (non-hydrogen) atoms. The zero-order valence-corrected chi connectivity index (χ0v) is 30.7. The van der Waals surface area contributed by atoms with E-state index in [2.05, 4.69) is 25.5 Å². The number of thiophene rings is 2. The lowest BCUT2D eigenvalue weighted by Crippen LogP contribution is -2.52. The summed E-state index contributed by atoms with van der Waals surface area (Å²) >= 11 is 2.72. The van der Waals surface area contributed by atoms with Crippen LogP contribution in [-0.2, 0) is 28.2 Å². The van der Waals surface area contributed by atoms with Crippen LogP contribution in [0, 0.1) is 5.41 Å². The molecule has 1 saturated carbocycles. The Hall–Kier alpha value is -4.44. The number of fused-ring (bicyclic) bond motifs is 2. The Labute approximate surface area is 313 Å². The largest absolute Gasteiger partial charge is 0.506 e. The van der Waals surface area contributed by atoms with E-state index < -0.39 is 17.7 Å². The average Bonchev–Trinajstić information content (AvgIpc) is 3.96. The number of carbonyl (C=O) groups excluding carboxylic acids is 1. The van der Waals surface area contributed by atoms with Crippen LogP contribution in [-0.4, -0.2) is 78.4 Å². The Morgan fingerprint density at radius 3 is 2.51 bits per heavy atom. The number of esters is 1. The van der Waals surface area contributed by atoms with Gasteiger partial charge >= 0.3 is 5.97 Å². The molecular formula is C39H42N6O6S2. The van der Waals surface area contributed by atoms with Gasteiger partial charge in [-0.2, -0.15) is 0 Å². The van der Waals surface area contributed by atoms with Crippen LogP contribution in [0.1, 0.15) is 59.1 Å². The number of aliphatic hydroxyl groups excluding tert-OH is 1. The molecule has 1 unspecified atom stereocenters. The van der Waals surface area contributed by atoms with Gasteiger partial charge in [-0.3, -0.25) is 4.79 Å². The molecule has 14 heteroatoms. The number of benzene rings is 2. The number of phenols is 1. The Morgan fingerprint density at radius 1 is 1.04 bits per heavy atom. The maximum absolute atomic E-state index is 13.4. The summed E-state index contributed by atoms with van der Waals surface area (Å²) in [5.41, 5.74) is 1.89. The molecule has 1 aliphatic carbocycles. The zero-order chi connectivity index (χ0) is 36.6. The van der Waals surface area contributed by atoms with Gasteiger partial charge < -0.3 is 35.3 Å². The van der Waals surface area contributed by atoms with Gasteiger partial charge in [-0.25, -0.2) is 9.48 Å². The molecule has 276 valence electrons. The third-order valence-electron chi connectivity index (χ3n) is 10.9. The van der Waals surface area contributed by atoms with E-state index in [4.69, 9.17) is 4.74 Å². The highest BCUT2D eigenvalue weighted by atomic mass is 32.1. The average molecular weight is 755 g/mol. The number of piperidine rings is 1. The van der Waals surface area contributed by atoms with E-state index in [9.17, 15) is 24.9 Å². The number of aliphatic hydroxyl groups is 2. The van der Waals surface area contributed by atoms with Gasteiger partial charge in [0.2, 0.25) is 11.2 Å².